The fourth-order valence-electron chi connectivity index (χ4n) is 4.00. The molecule has 1 aliphatic heterocycles. The molecule has 4 rings (SSSR count). The van der Waals surface area contributed by atoms with Crippen molar-refractivity contribution in [2.75, 3.05) is 19.1 Å². The molecular weight excluding hydrogens is 413 g/mol. The first-order valence-corrected chi connectivity index (χ1v) is 9.90. The normalized spacial score (nSPS) is 18.0. The summed E-state index contributed by atoms with van der Waals surface area (Å²) < 4.78 is 24.6. The lowest BCUT2D eigenvalue weighted by Crippen LogP contribution is -2.31. The Morgan fingerprint density at radius 2 is 1.62 bits per heavy atom. The van der Waals surface area contributed by atoms with E-state index < -0.39 is 35.3 Å². The molecule has 3 aromatic rings. The number of para-hydroxylation sites is 1. The van der Waals surface area contributed by atoms with Crippen molar-refractivity contribution < 1.29 is 28.2 Å². The van der Waals surface area contributed by atoms with Crippen LogP contribution in [0.3, 0.4) is 0 Å². The van der Waals surface area contributed by atoms with Crippen molar-refractivity contribution in [1.82, 2.24) is 0 Å². The van der Waals surface area contributed by atoms with Gasteiger partial charge in [-0.15, -0.1) is 0 Å². The summed E-state index contributed by atoms with van der Waals surface area (Å²) in [5.41, 5.74) is 0.924. The zero-order valence-electron chi connectivity index (χ0n) is 17.4. The Bertz CT molecular complexity index is 1190. The fourth-order valence-corrected chi connectivity index (χ4v) is 4.00. The van der Waals surface area contributed by atoms with E-state index in [0.29, 0.717) is 17.1 Å². The van der Waals surface area contributed by atoms with Crippen LogP contribution in [0.15, 0.2) is 72.8 Å². The van der Waals surface area contributed by atoms with Crippen molar-refractivity contribution in [2.45, 2.75) is 6.04 Å². The van der Waals surface area contributed by atoms with Crippen LogP contribution in [0.1, 0.15) is 22.0 Å². The highest BCUT2D eigenvalue weighted by Gasteiger charge is 2.53. The third-order valence-electron chi connectivity index (χ3n) is 5.51. The number of carbonyl (C=O) groups is 3. The van der Waals surface area contributed by atoms with Crippen molar-refractivity contribution in [2.24, 2.45) is 5.92 Å². The third kappa shape index (κ3) is 3.62. The topological polar surface area (TPSA) is 72.9 Å². The van der Waals surface area contributed by atoms with E-state index in [1.807, 2.05) is 0 Å². The summed E-state index contributed by atoms with van der Waals surface area (Å²) in [5, 5.41) is 0. The van der Waals surface area contributed by atoms with E-state index in [4.69, 9.17) is 9.47 Å². The molecule has 7 heteroatoms. The zero-order valence-corrected chi connectivity index (χ0v) is 17.4. The monoisotopic (exact) mass is 433 g/mol. The third-order valence-corrected chi connectivity index (χ3v) is 5.51. The SMILES string of the molecule is COc1ccc(C(=O)C2C(=O)C(=O)N(c3cccc(F)c3)C2c2ccccc2OC)cc1. The highest BCUT2D eigenvalue weighted by atomic mass is 19.1. The number of benzene rings is 3. The standard InChI is InChI=1S/C25H20FNO5/c1-31-18-12-10-15(11-13-18)23(28)21-22(19-8-3-4-9-20(19)32-2)27(25(30)24(21)29)17-7-5-6-16(26)14-17/h3-14,21-22H,1-2H3. The number of ether oxygens (including phenoxy) is 2. The molecule has 6 nitrogen and oxygen atoms in total. The van der Waals surface area contributed by atoms with E-state index in [1.54, 1.807) is 48.5 Å². The number of rotatable bonds is 6. The molecule has 162 valence electrons. The molecule has 0 bridgehead atoms. The molecule has 3 aromatic carbocycles. The number of Topliss-reactive ketones (excluding diaryl/α,β-unsaturated/α-hetero) is 2. The van der Waals surface area contributed by atoms with Gasteiger partial charge in [-0.05, 0) is 48.5 Å². The summed E-state index contributed by atoms with van der Waals surface area (Å²) in [6, 6.07) is 17.5. The number of nitrogens with zero attached hydrogens (tertiary/aromatic N) is 1. The number of anilines is 1. The summed E-state index contributed by atoms with van der Waals surface area (Å²) in [5.74, 6) is -3.17. The molecule has 2 unspecified atom stereocenters. The molecule has 1 aliphatic rings. The highest BCUT2D eigenvalue weighted by molar-refractivity contribution is 6.49. The molecule has 0 N–H and O–H groups in total. The summed E-state index contributed by atoms with van der Waals surface area (Å²) in [6.07, 6.45) is 0. The molecule has 0 saturated carbocycles. The average Bonchev–Trinajstić information content (AvgIpc) is 3.09. The predicted octanol–water partition coefficient (Wildman–Crippen LogP) is 4.00. The van der Waals surface area contributed by atoms with Crippen LogP contribution in [-0.2, 0) is 9.59 Å². The number of halogens is 1. The average molecular weight is 433 g/mol. The Morgan fingerprint density at radius 1 is 0.906 bits per heavy atom. The van der Waals surface area contributed by atoms with Gasteiger partial charge in [0.25, 0.3) is 5.91 Å². The van der Waals surface area contributed by atoms with Gasteiger partial charge in [-0.2, -0.15) is 0 Å². The fraction of sp³-hybridized carbons (Fsp3) is 0.160. The number of carbonyl (C=O) groups excluding carboxylic acids is 3. The van der Waals surface area contributed by atoms with E-state index in [9.17, 15) is 18.8 Å². The lowest BCUT2D eigenvalue weighted by molar-refractivity contribution is -0.135. The Morgan fingerprint density at radius 3 is 2.28 bits per heavy atom. The molecule has 0 spiro atoms. The minimum Gasteiger partial charge on any atom is -0.497 e. The summed E-state index contributed by atoms with van der Waals surface area (Å²) in [7, 11) is 2.97. The van der Waals surface area contributed by atoms with E-state index in [2.05, 4.69) is 0 Å². The minimum atomic E-state index is -1.32. The Labute approximate surface area is 184 Å². The molecule has 32 heavy (non-hydrogen) atoms. The molecule has 1 amide bonds. The number of amides is 1. The summed E-state index contributed by atoms with van der Waals surface area (Å²) >= 11 is 0. The van der Waals surface area contributed by atoms with Crippen LogP contribution < -0.4 is 14.4 Å². The van der Waals surface area contributed by atoms with Gasteiger partial charge in [0.2, 0.25) is 5.78 Å². The Hall–Kier alpha value is -4.00. The van der Waals surface area contributed by atoms with Crippen molar-refractivity contribution in [3.63, 3.8) is 0 Å². The second kappa shape index (κ2) is 8.63. The van der Waals surface area contributed by atoms with Crippen LogP contribution in [0.5, 0.6) is 11.5 Å². The van der Waals surface area contributed by atoms with E-state index in [-0.39, 0.29) is 11.3 Å². The Balaban J connectivity index is 1.87. The first kappa shape index (κ1) is 21.2. The van der Waals surface area contributed by atoms with Gasteiger partial charge in [0.15, 0.2) is 5.78 Å². The lowest BCUT2D eigenvalue weighted by Gasteiger charge is -2.28. The predicted molar refractivity (Wildman–Crippen MR) is 115 cm³/mol. The second-order valence-corrected chi connectivity index (χ2v) is 7.28. The van der Waals surface area contributed by atoms with Crippen molar-refractivity contribution >= 4 is 23.2 Å². The Kier molecular flexibility index (Phi) is 5.73. The number of hydrogen-bond acceptors (Lipinski definition) is 5. The summed E-state index contributed by atoms with van der Waals surface area (Å²) in [4.78, 5) is 40.9. The molecule has 0 aromatic heterocycles. The van der Waals surface area contributed by atoms with Gasteiger partial charge >= 0.3 is 0 Å². The molecule has 1 fully saturated rings. The lowest BCUT2D eigenvalue weighted by atomic mass is 9.86. The van der Waals surface area contributed by atoms with Crippen LogP contribution >= 0.6 is 0 Å². The van der Waals surface area contributed by atoms with Gasteiger partial charge in [-0.3, -0.25) is 19.3 Å². The van der Waals surface area contributed by atoms with Crippen LogP contribution in [0.2, 0.25) is 0 Å². The molecule has 0 radical (unpaired) electrons. The quantitative estimate of drug-likeness (QED) is 0.334. The summed E-state index contributed by atoms with van der Waals surface area (Å²) in [6.45, 7) is 0. The van der Waals surface area contributed by atoms with Crippen molar-refractivity contribution in [3.8, 4) is 11.5 Å². The van der Waals surface area contributed by atoms with Crippen LogP contribution in [0.4, 0.5) is 10.1 Å². The maximum Gasteiger partial charge on any atom is 0.295 e. The van der Waals surface area contributed by atoms with Gasteiger partial charge in [-0.25, -0.2) is 4.39 Å². The van der Waals surface area contributed by atoms with Gasteiger partial charge in [0.05, 0.1) is 20.3 Å². The maximum atomic E-state index is 14.0. The second-order valence-electron chi connectivity index (χ2n) is 7.28. The molecule has 1 heterocycles. The first-order valence-electron chi connectivity index (χ1n) is 9.90. The number of methoxy groups -OCH3 is 2. The van der Waals surface area contributed by atoms with Gasteiger partial charge < -0.3 is 9.47 Å². The molecule has 0 aliphatic carbocycles. The zero-order chi connectivity index (χ0) is 22.8. The minimum absolute atomic E-state index is 0.185. The van der Waals surface area contributed by atoms with Gasteiger partial charge in [-0.1, -0.05) is 24.3 Å². The first-order chi connectivity index (χ1) is 15.5. The van der Waals surface area contributed by atoms with Crippen molar-refractivity contribution in [3.05, 3.63) is 89.7 Å². The largest absolute Gasteiger partial charge is 0.497 e. The molecule has 2 atom stereocenters. The smallest absolute Gasteiger partial charge is 0.295 e. The highest BCUT2D eigenvalue weighted by Crippen LogP contribution is 2.44. The maximum absolute atomic E-state index is 14.0. The number of hydrogen-bond donors (Lipinski definition) is 0. The van der Waals surface area contributed by atoms with Crippen LogP contribution in [0.25, 0.3) is 0 Å². The van der Waals surface area contributed by atoms with Crippen molar-refractivity contribution in [1.29, 1.82) is 0 Å². The molecular formula is C25H20FNO5. The molecule has 1 saturated heterocycles. The van der Waals surface area contributed by atoms with Gasteiger partial charge in [0, 0.05) is 16.8 Å². The van der Waals surface area contributed by atoms with Gasteiger partial charge in [0.1, 0.15) is 23.2 Å². The van der Waals surface area contributed by atoms with Crippen LogP contribution in [0, 0.1) is 11.7 Å². The van der Waals surface area contributed by atoms with Crippen LogP contribution in [-0.4, -0.2) is 31.7 Å². The van der Waals surface area contributed by atoms with E-state index >= 15 is 0 Å². The van der Waals surface area contributed by atoms with E-state index in [0.717, 1.165) is 6.07 Å². The van der Waals surface area contributed by atoms with E-state index in [1.165, 1.54) is 37.3 Å². The number of ketones is 2.